The zero-order chi connectivity index (χ0) is 21.8. The van der Waals surface area contributed by atoms with Gasteiger partial charge in [-0.05, 0) is 53.8 Å². The highest BCUT2D eigenvalue weighted by molar-refractivity contribution is 7.89. The fourth-order valence-electron chi connectivity index (χ4n) is 3.81. The van der Waals surface area contributed by atoms with Crippen LogP contribution in [-0.4, -0.2) is 31.2 Å². The molecule has 5 nitrogen and oxygen atoms in total. The van der Waals surface area contributed by atoms with Crippen molar-refractivity contribution in [1.29, 1.82) is 0 Å². The van der Waals surface area contributed by atoms with Gasteiger partial charge in [-0.2, -0.15) is 4.31 Å². The first-order valence-electron chi connectivity index (χ1n) is 10.1. The molecule has 1 N–H and O–H groups in total. The molecule has 1 aliphatic heterocycles. The largest absolute Gasteiger partial charge is 0.354 e. The first-order valence-corrected chi connectivity index (χ1v) is 11.5. The SMILES string of the molecule is O=C(NCCc1ccccc1)[C@@H]1Cc2ccccc2CN1S(=O)(=O)c1ccc(F)cc1. The van der Waals surface area contributed by atoms with Gasteiger partial charge in [0.05, 0.1) is 4.90 Å². The number of sulfonamides is 1. The number of halogens is 1. The van der Waals surface area contributed by atoms with Crippen molar-refractivity contribution in [2.45, 2.75) is 30.3 Å². The molecular weight excluding hydrogens is 415 g/mol. The smallest absolute Gasteiger partial charge is 0.244 e. The molecule has 7 heteroatoms. The van der Waals surface area contributed by atoms with Crippen LogP contribution in [0.25, 0.3) is 0 Å². The Morgan fingerprint density at radius 3 is 2.29 bits per heavy atom. The van der Waals surface area contributed by atoms with Crippen LogP contribution < -0.4 is 5.32 Å². The van der Waals surface area contributed by atoms with Gasteiger partial charge in [0.2, 0.25) is 15.9 Å². The van der Waals surface area contributed by atoms with E-state index in [0.717, 1.165) is 28.8 Å². The molecule has 0 radical (unpaired) electrons. The zero-order valence-corrected chi connectivity index (χ0v) is 17.7. The van der Waals surface area contributed by atoms with Crippen LogP contribution in [0.1, 0.15) is 16.7 Å². The van der Waals surface area contributed by atoms with E-state index < -0.39 is 21.9 Å². The van der Waals surface area contributed by atoms with Gasteiger partial charge in [-0.1, -0.05) is 54.6 Å². The van der Waals surface area contributed by atoms with Crippen molar-refractivity contribution in [3.63, 3.8) is 0 Å². The summed E-state index contributed by atoms with van der Waals surface area (Å²) < 4.78 is 41.2. The fraction of sp³-hybridized carbons (Fsp3) is 0.208. The molecule has 4 rings (SSSR count). The number of carbonyl (C=O) groups excluding carboxylic acids is 1. The molecule has 0 spiro atoms. The number of rotatable bonds is 6. The number of amides is 1. The lowest BCUT2D eigenvalue weighted by Gasteiger charge is -2.35. The van der Waals surface area contributed by atoms with Gasteiger partial charge < -0.3 is 5.32 Å². The van der Waals surface area contributed by atoms with Crippen LogP contribution in [0.5, 0.6) is 0 Å². The van der Waals surface area contributed by atoms with Crippen LogP contribution in [0.15, 0.2) is 83.8 Å². The second kappa shape index (κ2) is 8.99. The number of hydrogen-bond acceptors (Lipinski definition) is 3. The summed E-state index contributed by atoms with van der Waals surface area (Å²) in [5.41, 5.74) is 2.91. The molecular formula is C24H23FN2O3S. The Bertz CT molecular complexity index is 1160. The van der Waals surface area contributed by atoms with Crippen LogP contribution in [0.4, 0.5) is 4.39 Å². The molecule has 1 aliphatic rings. The minimum atomic E-state index is -3.99. The second-order valence-electron chi connectivity index (χ2n) is 7.52. The molecule has 0 aromatic heterocycles. The molecule has 1 heterocycles. The molecule has 0 aliphatic carbocycles. The first-order chi connectivity index (χ1) is 14.9. The maximum atomic E-state index is 13.3. The van der Waals surface area contributed by atoms with Gasteiger partial charge >= 0.3 is 0 Å². The predicted molar refractivity (Wildman–Crippen MR) is 116 cm³/mol. The molecule has 0 saturated heterocycles. The van der Waals surface area contributed by atoms with Crippen molar-refractivity contribution in [3.05, 3.63) is 101 Å². The van der Waals surface area contributed by atoms with E-state index in [9.17, 15) is 17.6 Å². The van der Waals surface area contributed by atoms with Crippen LogP contribution in [0.3, 0.4) is 0 Å². The van der Waals surface area contributed by atoms with Gasteiger partial charge in [0.15, 0.2) is 0 Å². The summed E-state index contributed by atoms with van der Waals surface area (Å²) in [6.45, 7) is 0.498. The lowest BCUT2D eigenvalue weighted by molar-refractivity contribution is -0.125. The Morgan fingerprint density at radius 2 is 1.58 bits per heavy atom. The van der Waals surface area contributed by atoms with Crippen LogP contribution >= 0.6 is 0 Å². The monoisotopic (exact) mass is 438 g/mol. The van der Waals surface area contributed by atoms with E-state index in [0.29, 0.717) is 13.0 Å². The van der Waals surface area contributed by atoms with E-state index in [4.69, 9.17) is 0 Å². The Kier molecular flexibility index (Phi) is 6.15. The van der Waals surface area contributed by atoms with Crippen LogP contribution in [0.2, 0.25) is 0 Å². The highest BCUT2D eigenvalue weighted by atomic mass is 32.2. The summed E-state index contributed by atoms with van der Waals surface area (Å²) in [5, 5.41) is 2.89. The average Bonchev–Trinajstić information content (AvgIpc) is 2.79. The molecule has 0 bridgehead atoms. The Morgan fingerprint density at radius 1 is 0.935 bits per heavy atom. The third-order valence-corrected chi connectivity index (χ3v) is 7.35. The third-order valence-electron chi connectivity index (χ3n) is 5.48. The predicted octanol–water partition coefficient (Wildman–Crippen LogP) is 3.30. The summed E-state index contributed by atoms with van der Waals surface area (Å²) in [5.74, 6) is -0.853. The van der Waals surface area contributed by atoms with Crippen LogP contribution in [0, 0.1) is 5.82 Å². The van der Waals surface area contributed by atoms with Crippen molar-refractivity contribution in [1.82, 2.24) is 9.62 Å². The van der Waals surface area contributed by atoms with E-state index in [-0.39, 0.29) is 23.8 Å². The number of benzene rings is 3. The summed E-state index contributed by atoms with van der Waals surface area (Å²) in [7, 11) is -3.99. The van der Waals surface area contributed by atoms with Gasteiger partial charge in [-0.15, -0.1) is 0 Å². The first kappa shape index (κ1) is 21.2. The number of nitrogens with one attached hydrogen (secondary N) is 1. The van der Waals surface area contributed by atoms with Gasteiger partial charge in [-0.25, -0.2) is 12.8 Å². The number of carbonyl (C=O) groups is 1. The normalized spacial score (nSPS) is 16.5. The minimum absolute atomic E-state index is 0.0321. The van der Waals surface area contributed by atoms with Gasteiger partial charge in [0.25, 0.3) is 0 Å². The minimum Gasteiger partial charge on any atom is -0.354 e. The topological polar surface area (TPSA) is 66.5 Å². The molecule has 160 valence electrons. The standard InChI is InChI=1S/C24H23FN2O3S/c25-21-10-12-22(13-11-21)31(29,30)27-17-20-9-5-4-8-19(20)16-23(27)24(28)26-15-14-18-6-2-1-3-7-18/h1-13,23H,14-17H2,(H,26,28)/t23-/m0/s1. The molecule has 1 atom stereocenters. The van der Waals surface area contributed by atoms with E-state index in [1.807, 2.05) is 54.6 Å². The lowest BCUT2D eigenvalue weighted by atomic mass is 9.95. The van der Waals surface area contributed by atoms with Gasteiger partial charge in [0.1, 0.15) is 11.9 Å². The Balaban J connectivity index is 1.58. The van der Waals surface area contributed by atoms with E-state index in [1.54, 1.807) is 0 Å². The van der Waals surface area contributed by atoms with E-state index in [2.05, 4.69) is 5.32 Å². The highest BCUT2D eigenvalue weighted by Crippen LogP contribution is 2.29. The van der Waals surface area contributed by atoms with Crippen LogP contribution in [-0.2, 0) is 34.2 Å². The molecule has 3 aromatic rings. The highest BCUT2D eigenvalue weighted by Gasteiger charge is 2.39. The van der Waals surface area contributed by atoms with Crippen molar-refractivity contribution in [3.8, 4) is 0 Å². The maximum absolute atomic E-state index is 13.3. The zero-order valence-electron chi connectivity index (χ0n) is 16.9. The molecule has 3 aromatic carbocycles. The van der Waals surface area contributed by atoms with E-state index >= 15 is 0 Å². The third kappa shape index (κ3) is 4.68. The Labute approximate surface area is 181 Å². The van der Waals surface area contributed by atoms with Crippen molar-refractivity contribution < 1.29 is 17.6 Å². The summed E-state index contributed by atoms with van der Waals surface area (Å²) in [6.07, 6.45) is 0.939. The number of nitrogens with zero attached hydrogens (tertiary/aromatic N) is 1. The molecule has 0 saturated carbocycles. The number of hydrogen-bond donors (Lipinski definition) is 1. The van der Waals surface area contributed by atoms with Gasteiger partial charge in [0, 0.05) is 13.1 Å². The molecule has 31 heavy (non-hydrogen) atoms. The van der Waals surface area contributed by atoms with Crippen molar-refractivity contribution >= 4 is 15.9 Å². The Hall–Kier alpha value is -3.03. The summed E-state index contributed by atoms with van der Waals surface area (Å²) >= 11 is 0. The summed E-state index contributed by atoms with van der Waals surface area (Å²) in [6, 6.07) is 21.1. The molecule has 0 unspecified atom stereocenters. The maximum Gasteiger partial charge on any atom is 0.244 e. The average molecular weight is 439 g/mol. The quantitative estimate of drug-likeness (QED) is 0.642. The second-order valence-corrected chi connectivity index (χ2v) is 9.41. The van der Waals surface area contributed by atoms with Crippen molar-refractivity contribution in [2.24, 2.45) is 0 Å². The van der Waals surface area contributed by atoms with Crippen molar-refractivity contribution in [2.75, 3.05) is 6.54 Å². The lowest BCUT2D eigenvalue weighted by Crippen LogP contribution is -2.52. The summed E-state index contributed by atoms with van der Waals surface area (Å²) in [4.78, 5) is 13.0. The van der Waals surface area contributed by atoms with Gasteiger partial charge in [-0.3, -0.25) is 4.79 Å². The number of fused-ring (bicyclic) bond motifs is 1. The fourth-order valence-corrected chi connectivity index (χ4v) is 5.37. The van der Waals surface area contributed by atoms with E-state index in [1.165, 1.54) is 16.4 Å². The molecule has 0 fully saturated rings. The molecule has 1 amide bonds.